The lowest BCUT2D eigenvalue weighted by molar-refractivity contribution is 0.128. The molecule has 100 valence electrons. The molecule has 0 spiro atoms. The van der Waals surface area contributed by atoms with E-state index in [1.165, 1.54) is 0 Å². The second kappa shape index (κ2) is 5.05. The van der Waals surface area contributed by atoms with Crippen LogP contribution in [0.1, 0.15) is 25.1 Å². The van der Waals surface area contributed by atoms with Gasteiger partial charge in [0, 0.05) is 18.2 Å². The molecular formula is C13H15N3O2S. The van der Waals surface area contributed by atoms with Gasteiger partial charge in [0.15, 0.2) is 12.0 Å². The fraction of sp³-hybridized carbons (Fsp3) is 0.385. The Morgan fingerprint density at radius 3 is 3.05 bits per heavy atom. The number of hydrogen-bond donors (Lipinski definition) is 0. The van der Waals surface area contributed by atoms with Gasteiger partial charge < -0.3 is 9.26 Å². The normalized spacial score (nSPS) is 20.2. The Bertz CT molecular complexity index is 550. The average Bonchev–Trinajstić information content (AvgIpc) is 3.14. The lowest BCUT2D eigenvalue weighted by Crippen LogP contribution is -2.33. The van der Waals surface area contributed by atoms with Crippen LogP contribution < -0.4 is 4.90 Å². The summed E-state index contributed by atoms with van der Waals surface area (Å²) in [7, 11) is 0. The zero-order valence-corrected chi connectivity index (χ0v) is 11.6. The van der Waals surface area contributed by atoms with Gasteiger partial charge in [0.2, 0.25) is 5.88 Å². The lowest BCUT2D eigenvalue weighted by Gasteiger charge is -2.26. The zero-order chi connectivity index (χ0) is 13.2. The molecule has 0 aromatic carbocycles. The second-order valence-corrected chi connectivity index (χ2v) is 5.40. The van der Waals surface area contributed by atoms with Gasteiger partial charge in [-0.25, -0.2) is 0 Å². The van der Waals surface area contributed by atoms with E-state index in [2.05, 4.69) is 24.0 Å². The van der Waals surface area contributed by atoms with Crippen LogP contribution in [0, 0.1) is 5.92 Å². The van der Waals surface area contributed by atoms with Crippen molar-refractivity contribution in [2.75, 3.05) is 4.90 Å². The van der Waals surface area contributed by atoms with Crippen LogP contribution in [0.4, 0.5) is 5.88 Å². The molecule has 2 aromatic rings. The molecule has 0 saturated heterocycles. The fourth-order valence-corrected chi connectivity index (χ4v) is 2.57. The molecule has 0 fully saturated rings. The van der Waals surface area contributed by atoms with Crippen LogP contribution in [0.15, 0.2) is 34.7 Å². The van der Waals surface area contributed by atoms with Gasteiger partial charge in [0.1, 0.15) is 0 Å². The van der Waals surface area contributed by atoms with Crippen molar-refractivity contribution < 1.29 is 9.26 Å². The third-order valence-corrected chi connectivity index (χ3v) is 4.05. The van der Waals surface area contributed by atoms with Crippen LogP contribution in [-0.2, 0) is 4.74 Å². The maximum atomic E-state index is 6.06. The lowest BCUT2D eigenvalue weighted by atomic mass is 10.1. The number of aromatic nitrogens is 2. The van der Waals surface area contributed by atoms with Crippen molar-refractivity contribution in [3.63, 3.8) is 0 Å². The molecule has 0 amide bonds. The van der Waals surface area contributed by atoms with Crippen LogP contribution in [-0.4, -0.2) is 16.4 Å². The van der Waals surface area contributed by atoms with Gasteiger partial charge in [-0.3, -0.25) is 9.88 Å². The van der Waals surface area contributed by atoms with Gasteiger partial charge in [0.05, 0.1) is 22.8 Å². The highest BCUT2D eigenvalue weighted by atomic mass is 32.1. The predicted molar refractivity (Wildman–Crippen MR) is 73.4 cm³/mol. The van der Waals surface area contributed by atoms with Crippen LogP contribution in [0.3, 0.4) is 0 Å². The third kappa shape index (κ3) is 2.23. The highest BCUT2D eigenvalue weighted by Gasteiger charge is 2.33. The summed E-state index contributed by atoms with van der Waals surface area (Å²) in [5.74, 6) is 1.92. The summed E-state index contributed by atoms with van der Waals surface area (Å²) >= 11 is 1.56. The van der Waals surface area contributed by atoms with Crippen molar-refractivity contribution in [2.24, 2.45) is 5.92 Å². The number of thiazole rings is 1. The van der Waals surface area contributed by atoms with E-state index in [0.717, 1.165) is 17.1 Å². The predicted octanol–water partition coefficient (Wildman–Crippen LogP) is 3.34. The van der Waals surface area contributed by atoms with Crippen molar-refractivity contribution in [3.8, 4) is 0 Å². The van der Waals surface area contributed by atoms with Crippen molar-refractivity contribution in [2.45, 2.75) is 26.5 Å². The standard InChI is InChI=1S/C13H15N3O2S/c1-3-9(2)13-16(12-4-5-15-18-12)7-10(17-13)11-6-14-8-19-11/h4-9,13H,3H2,1-2H3. The van der Waals surface area contributed by atoms with E-state index < -0.39 is 0 Å². The summed E-state index contributed by atoms with van der Waals surface area (Å²) in [5.41, 5.74) is 1.80. The monoisotopic (exact) mass is 277 g/mol. The van der Waals surface area contributed by atoms with Gasteiger partial charge in [0.25, 0.3) is 0 Å². The maximum absolute atomic E-state index is 6.06. The molecule has 0 radical (unpaired) electrons. The topological polar surface area (TPSA) is 51.4 Å². The largest absolute Gasteiger partial charge is 0.467 e. The quantitative estimate of drug-likeness (QED) is 0.858. The smallest absolute Gasteiger partial charge is 0.234 e. The molecule has 0 N–H and O–H groups in total. The van der Waals surface area contributed by atoms with Gasteiger partial charge in [-0.15, -0.1) is 11.3 Å². The van der Waals surface area contributed by atoms with E-state index >= 15 is 0 Å². The Labute approximate surface area is 115 Å². The molecule has 3 rings (SSSR count). The first-order chi connectivity index (χ1) is 9.29. The number of ether oxygens (including phenoxy) is 1. The van der Waals surface area contributed by atoms with Crippen LogP contribution >= 0.6 is 11.3 Å². The van der Waals surface area contributed by atoms with Crippen molar-refractivity contribution >= 4 is 23.0 Å². The molecule has 0 aliphatic carbocycles. The van der Waals surface area contributed by atoms with E-state index in [1.807, 2.05) is 23.4 Å². The zero-order valence-electron chi connectivity index (χ0n) is 10.8. The highest BCUT2D eigenvalue weighted by Crippen LogP contribution is 2.35. The minimum atomic E-state index is -0.0601. The second-order valence-electron chi connectivity index (χ2n) is 4.51. The molecular weight excluding hydrogens is 262 g/mol. The first-order valence-electron chi connectivity index (χ1n) is 6.26. The van der Waals surface area contributed by atoms with Crippen LogP contribution in [0.5, 0.6) is 0 Å². The third-order valence-electron chi connectivity index (χ3n) is 3.26. The Kier molecular flexibility index (Phi) is 3.25. The minimum Gasteiger partial charge on any atom is -0.467 e. The summed E-state index contributed by atoms with van der Waals surface area (Å²) in [6.07, 6.45) is 6.38. The van der Waals surface area contributed by atoms with Crippen LogP contribution in [0.25, 0.3) is 5.76 Å². The van der Waals surface area contributed by atoms with E-state index in [4.69, 9.17) is 9.26 Å². The molecule has 6 heteroatoms. The molecule has 2 aromatic heterocycles. The van der Waals surface area contributed by atoms with Gasteiger partial charge in [-0.2, -0.15) is 0 Å². The summed E-state index contributed by atoms with van der Waals surface area (Å²) in [6, 6.07) is 1.84. The van der Waals surface area contributed by atoms with Crippen molar-refractivity contribution in [1.82, 2.24) is 10.1 Å². The Hall–Kier alpha value is -1.82. The first kappa shape index (κ1) is 12.2. The summed E-state index contributed by atoms with van der Waals surface area (Å²) in [6.45, 7) is 4.31. The van der Waals surface area contributed by atoms with Gasteiger partial charge in [-0.1, -0.05) is 19.0 Å². The Balaban J connectivity index is 1.92. The fourth-order valence-electron chi connectivity index (χ4n) is 2.00. The van der Waals surface area contributed by atoms with E-state index in [1.54, 1.807) is 23.0 Å². The maximum Gasteiger partial charge on any atom is 0.234 e. The number of hydrogen-bond acceptors (Lipinski definition) is 6. The average molecular weight is 277 g/mol. The molecule has 1 aliphatic heterocycles. The highest BCUT2D eigenvalue weighted by molar-refractivity contribution is 7.10. The number of nitrogens with zero attached hydrogens (tertiary/aromatic N) is 3. The van der Waals surface area contributed by atoms with Gasteiger partial charge >= 0.3 is 0 Å². The molecule has 0 bridgehead atoms. The van der Waals surface area contributed by atoms with E-state index in [-0.39, 0.29) is 6.23 Å². The molecule has 19 heavy (non-hydrogen) atoms. The van der Waals surface area contributed by atoms with E-state index in [0.29, 0.717) is 11.8 Å². The molecule has 2 atom stereocenters. The molecule has 3 heterocycles. The molecule has 5 nitrogen and oxygen atoms in total. The SMILES string of the molecule is CCC(C)C1OC(c2cncs2)=CN1c1ccno1. The summed E-state index contributed by atoms with van der Waals surface area (Å²) in [4.78, 5) is 7.11. The first-order valence-corrected chi connectivity index (χ1v) is 7.14. The molecule has 0 saturated carbocycles. The Morgan fingerprint density at radius 1 is 1.53 bits per heavy atom. The molecule has 2 unspecified atom stereocenters. The summed E-state index contributed by atoms with van der Waals surface area (Å²) in [5, 5.41) is 3.76. The number of anilines is 1. The van der Waals surface area contributed by atoms with Gasteiger partial charge in [-0.05, 0) is 6.42 Å². The van der Waals surface area contributed by atoms with Crippen molar-refractivity contribution in [3.05, 3.63) is 35.0 Å². The van der Waals surface area contributed by atoms with E-state index in [9.17, 15) is 0 Å². The number of rotatable bonds is 4. The minimum absolute atomic E-state index is 0.0601. The summed E-state index contributed by atoms with van der Waals surface area (Å²) < 4.78 is 11.3. The van der Waals surface area contributed by atoms with Crippen LogP contribution in [0.2, 0.25) is 0 Å². The van der Waals surface area contributed by atoms with Crippen molar-refractivity contribution in [1.29, 1.82) is 0 Å². The molecule has 1 aliphatic rings. The Morgan fingerprint density at radius 2 is 2.42 bits per heavy atom.